The van der Waals surface area contributed by atoms with E-state index in [1.54, 1.807) is 19.5 Å². The zero-order valence-electron chi connectivity index (χ0n) is 6.19. The lowest BCUT2D eigenvalue weighted by molar-refractivity contribution is 0.148. The van der Waals surface area contributed by atoms with Gasteiger partial charge in [-0.15, -0.1) is 0 Å². The summed E-state index contributed by atoms with van der Waals surface area (Å²) < 4.78 is 5.04. The molecule has 2 heterocycles. The van der Waals surface area contributed by atoms with E-state index in [2.05, 4.69) is 9.98 Å². The van der Waals surface area contributed by atoms with Crippen LogP contribution in [0.4, 0.5) is 0 Å². The van der Waals surface area contributed by atoms with Crippen LogP contribution < -0.4 is 0 Å². The van der Waals surface area contributed by atoms with E-state index >= 15 is 0 Å². The normalized spacial score (nSPS) is 26.5. The number of aliphatic imine (C=N–C) groups is 2. The largest absolute Gasteiger partial charge is 0.356 e. The van der Waals surface area contributed by atoms with Gasteiger partial charge in [-0.1, -0.05) is 0 Å². The van der Waals surface area contributed by atoms with E-state index in [4.69, 9.17) is 4.74 Å². The molecule has 3 nitrogen and oxygen atoms in total. The van der Waals surface area contributed by atoms with Gasteiger partial charge in [-0.3, -0.25) is 9.98 Å². The van der Waals surface area contributed by atoms with Crippen molar-refractivity contribution >= 4 is 11.9 Å². The molecule has 2 aliphatic rings. The van der Waals surface area contributed by atoms with Crippen molar-refractivity contribution in [1.82, 2.24) is 0 Å². The number of hydrogen-bond donors (Lipinski definition) is 0. The van der Waals surface area contributed by atoms with E-state index in [0.29, 0.717) is 0 Å². The van der Waals surface area contributed by atoms with Gasteiger partial charge in [-0.2, -0.15) is 0 Å². The third-order valence-corrected chi connectivity index (χ3v) is 1.67. The van der Waals surface area contributed by atoms with Crippen molar-refractivity contribution in [3.05, 3.63) is 23.9 Å². The Labute approximate surface area is 64.8 Å². The minimum Gasteiger partial charge on any atom is -0.356 e. The van der Waals surface area contributed by atoms with Gasteiger partial charge in [0.2, 0.25) is 0 Å². The summed E-state index contributed by atoms with van der Waals surface area (Å²) in [5, 5.41) is 0. The molecule has 0 saturated carbocycles. The molecule has 0 aromatic carbocycles. The fourth-order valence-corrected chi connectivity index (χ4v) is 1.08. The van der Waals surface area contributed by atoms with Crippen LogP contribution in [0.15, 0.2) is 33.9 Å². The maximum absolute atomic E-state index is 5.04. The lowest BCUT2D eigenvalue weighted by atomic mass is 10.1. The highest BCUT2D eigenvalue weighted by molar-refractivity contribution is 6.40. The second-order valence-electron chi connectivity index (χ2n) is 2.36. The van der Waals surface area contributed by atoms with E-state index in [1.165, 1.54) is 0 Å². The summed E-state index contributed by atoms with van der Waals surface area (Å²) in [5.41, 5.74) is 2.03. The molecule has 0 spiro atoms. The number of nitrogens with zero attached hydrogens (tertiary/aromatic N) is 2. The van der Waals surface area contributed by atoms with E-state index in [1.807, 2.05) is 12.2 Å². The summed E-state index contributed by atoms with van der Waals surface area (Å²) in [6.07, 6.45) is 7.27. The minimum absolute atomic E-state index is 0.133. The number of dihydropyridines is 1. The fourth-order valence-electron chi connectivity index (χ4n) is 1.08. The third-order valence-electron chi connectivity index (χ3n) is 1.67. The molecule has 0 unspecified atom stereocenters. The summed E-state index contributed by atoms with van der Waals surface area (Å²) in [7, 11) is 1.64. The van der Waals surface area contributed by atoms with Crippen LogP contribution >= 0.6 is 0 Å². The van der Waals surface area contributed by atoms with Gasteiger partial charge in [0.25, 0.3) is 0 Å². The van der Waals surface area contributed by atoms with Crippen LogP contribution in [-0.2, 0) is 4.74 Å². The van der Waals surface area contributed by atoms with E-state index in [0.717, 1.165) is 11.3 Å². The topological polar surface area (TPSA) is 34.0 Å². The Bertz CT molecular complexity index is 286. The average molecular weight is 148 g/mol. The third kappa shape index (κ3) is 1.03. The number of hydrogen-bond acceptors (Lipinski definition) is 3. The van der Waals surface area contributed by atoms with Crippen molar-refractivity contribution < 1.29 is 4.74 Å². The Balaban J connectivity index is 2.30. The molecule has 2 rings (SSSR count). The highest BCUT2D eigenvalue weighted by Crippen LogP contribution is 2.14. The van der Waals surface area contributed by atoms with Gasteiger partial charge in [0.05, 0.1) is 11.9 Å². The zero-order chi connectivity index (χ0) is 7.68. The van der Waals surface area contributed by atoms with Crippen molar-refractivity contribution in [1.29, 1.82) is 0 Å². The van der Waals surface area contributed by atoms with Gasteiger partial charge < -0.3 is 4.74 Å². The Morgan fingerprint density at radius 1 is 1.55 bits per heavy atom. The molecule has 0 aromatic rings. The smallest absolute Gasteiger partial charge is 0.167 e. The average Bonchev–Trinajstić information content (AvgIpc) is 2.50. The van der Waals surface area contributed by atoms with Gasteiger partial charge >= 0.3 is 0 Å². The first-order valence-electron chi connectivity index (χ1n) is 3.42. The molecular formula is C8H8N2O. The highest BCUT2D eigenvalue weighted by atomic mass is 16.5. The minimum atomic E-state index is -0.133. The summed E-state index contributed by atoms with van der Waals surface area (Å²) in [6, 6.07) is 0. The monoisotopic (exact) mass is 148 g/mol. The predicted octanol–water partition coefficient (Wildman–Crippen LogP) is 0.938. The molecule has 0 bridgehead atoms. The van der Waals surface area contributed by atoms with E-state index < -0.39 is 0 Å². The number of rotatable bonds is 1. The highest BCUT2D eigenvalue weighted by Gasteiger charge is 2.13. The number of allylic oxidation sites excluding steroid dienone is 2. The molecule has 1 atom stereocenters. The Hall–Kier alpha value is -1.22. The lowest BCUT2D eigenvalue weighted by Gasteiger charge is -2.10. The molecule has 0 radical (unpaired) electrons. The molecular weight excluding hydrogens is 140 g/mol. The second-order valence-corrected chi connectivity index (χ2v) is 2.36. The Morgan fingerprint density at radius 3 is 3.27 bits per heavy atom. The van der Waals surface area contributed by atoms with Gasteiger partial charge in [0, 0.05) is 18.9 Å². The molecule has 3 heteroatoms. The molecule has 11 heavy (non-hydrogen) atoms. The van der Waals surface area contributed by atoms with Gasteiger partial charge in [-0.25, -0.2) is 0 Å². The molecule has 0 fully saturated rings. The van der Waals surface area contributed by atoms with E-state index in [9.17, 15) is 0 Å². The van der Waals surface area contributed by atoms with Crippen molar-refractivity contribution in [3.8, 4) is 0 Å². The van der Waals surface area contributed by atoms with Crippen molar-refractivity contribution in [2.24, 2.45) is 9.98 Å². The number of fused-ring (bicyclic) bond motifs is 1. The first-order chi connectivity index (χ1) is 5.40. The van der Waals surface area contributed by atoms with Gasteiger partial charge in [-0.05, 0) is 12.2 Å². The first-order valence-corrected chi connectivity index (χ1v) is 3.42. The quantitative estimate of drug-likeness (QED) is 0.544. The Kier molecular flexibility index (Phi) is 1.43. The molecule has 0 aromatic heterocycles. The predicted molar refractivity (Wildman–Crippen MR) is 43.9 cm³/mol. The summed E-state index contributed by atoms with van der Waals surface area (Å²) >= 11 is 0. The van der Waals surface area contributed by atoms with Crippen LogP contribution in [0.2, 0.25) is 0 Å². The summed E-state index contributed by atoms with van der Waals surface area (Å²) in [6.45, 7) is 0. The second kappa shape index (κ2) is 2.43. The standard InChI is InChI=1S/C8H8N2O/c1-11-8-4-6-2-3-9-7(6)5-10-8/h2-5,8H,1H3/t8-/m1/s1. The Morgan fingerprint density at radius 2 is 2.45 bits per heavy atom. The molecule has 56 valence electrons. The first kappa shape index (κ1) is 6.49. The lowest BCUT2D eigenvalue weighted by Crippen LogP contribution is -2.14. The molecule has 2 aliphatic heterocycles. The SMILES string of the molecule is CO[C@@H]1C=C2C=CN=C2C=N1. The van der Waals surface area contributed by atoms with Crippen molar-refractivity contribution in [2.45, 2.75) is 6.23 Å². The molecule has 0 saturated heterocycles. The van der Waals surface area contributed by atoms with E-state index in [-0.39, 0.29) is 6.23 Å². The van der Waals surface area contributed by atoms with Gasteiger partial charge in [0.1, 0.15) is 0 Å². The maximum Gasteiger partial charge on any atom is 0.167 e. The van der Waals surface area contributed by atoms with Crippen LogP contribution in [0, 0.1) is 0 Å². The summed E-state index contributed by atoms with van der Waals surface area (Å²) in [4.78, 5) is 8.19. The summed E-state index contributed by atoms with van der Waals surface area (Å²) in [5.74, 6) is 0. The fraction of sp³-hybridized carbons (Fsp3) is 0.250. The van der Waals surface area contributed by atoms with Crippen LogP contribution in [0.25, 0.3) is 0 Å². The van der Waals surface area contributed by atoms with Crippen LogP contribution in [0.1, 0.15) is 0 Å². The van der Waals surface area contributed by atoms with Gasteiger partial charge in [0.15, 0.2) is 6.23 Å². The molecule has 0 N–H and O–H groups in total. The van der Waals surface area contributed by atoms with Crippen LogP contribution in [0.3, 0.4) is 0 Å². The number of methoxy groups -OCH3 is 1. The van der Waals surface area contributed by atoms with Crippen LogP contribution in [0.5, 0.6) is 0 Å². The molecule has 0 amide bonds. The maximum atomic E-state index is 5.04. The zero-order valence-corrected chi connectivity index (χ0v) is 6.19. The van der Waals surface area contributed by atoms with Crippen LogP contribution in [-0.4, -0.2) is 25.3 Å². The van der Waals surface area contributed by atoms with Crippen molar-refractivity contribution in [3.63, 3.8) is 0 Å². The molecule has 0 aliphatic carbocycles. The number of ether oxygens (including phenoxy) is 1. The van der Waals surface area contributed by atoms with Crippen molar-refractivity contribution in [2.75, 3.05) is 7.11 Å².